The largest absolute Gasteiger partial charge is 0.0683 e. The van der Waals surface area contributed by atoms with Crippen LogP contribution in [0.5, 0.6) is 0 Å². The summed E-state index contributed by atoms with van der Waals surface area (Å²) in [5.41, 5.74) is 0. The summed E-state index contributed by atoms with van der Waals surface area (Å²) in [6, 6.07) is 0. The van der Waals surface area contributed by atoms with Crippen LogP contribution in [0.4, 0.5) is 0 Å². The molecule has 3 rings (SSSR count). The van der Waals surface area contributed by atoms with Crippen molar-refractivity contribution in [3.8, 4) is 0 Å². The van der Waals surface area contributed by atoms with Crippen molar-refractivity contribution in [1.29, 1.82) is 0 Å². The van der Waals surface area contributed by atoms with Gasteiger partial charge in [-0.25, -0.2) is 0 Å². The van der Waals surface area contributed by atoms with Crippen LogP contribution in [0.15, 0.2) is 0 Å². The average Bonchev–Trinajstić information content (AvgIpc) is 2.42. The van der Waals surface area contributed by atoms with Gasteiger partial charge in [-0.15, -0.1) is 0 Å². The van der Waals surface area contributed by atoms with Crippen LogP contribution in [0.1, 0.15) is 79.1 Å². The Morgan fingerprint density at radius 3 is 2.00 bits per heavy atom. The number of rotatable bonds is 0. The maximum atomic E-state index is 2.51. The molecule has 6 atom stereocenters. The van der Waals surface area contributed by atoms with Crippen LogP contribution in [0, 0.1) is 35.5 Å². The van der Waals surface area contributed by atoms with Crippen molar-refractivity contribution in [2.75, 3.05) is 0 Å². The second-order valence-electron chi connectivity index (χ2n) is 7.14. The Morgan fingerprint density at radius 2 is 1.22 bits per heavy atom. The van der Waals surface area contributed by atoms with E-state index in [0.29, 0.717) is 0 Å². The van der Waals surface area contributed by atoms with Crippen molar-refractivity contribution in [2.45, 2.75) is 79.1 Å². The molecule has 0 nitrogen and oxygen atoms in total. The monoisotopic (exact) mass is 250 g/mol. The van der Waals surface area contributed by atoms with Crippen molar-refractivity contribution in [2.24, 2.45) is 35.5 Å². The lowest BCUT2D eigenvalue weighted by Crippen LogP contribution is -2.41. The summed E-state index contributed by atoms with van der Waals surface area (Å²) in [7, 11) is 0. The third-order valence-electron chi connectivity index (χ3n) is 6.32. The molecule has 3 saturated carbocycles. The second kappa shape index (κ2) is 6.44. The van der Waals surface area contributed by atoms with E-state index in [2.05, 4.69) is 13.8 Å². The quantitative estimate of drug-likeness (QED) is 0.501. The topological polar surface area (TPSA) is 0 Å². The molecular weight excluding hydrogens is 216 g/mol. The van der Waals surface area contributed by atoms with Crippen LogP contribution in [0.3, 0.4) is 0 Å². The van der Waals surface area contributed by atoms with Crippen LogP contribution in [-0.4, -0.2) is 0 Å². The van der Waals surface area contributed by atoms with Crippen molar-refractivity contribution >= 4 is 0 Å². The fourth-order valence-corrected chi connectivity index (χ4v) is 5.18. The minimum atomic E-state index is 1.00. The van der Waals surface area contributed by atoms with Gasteiger partial charge in [0.2, 0.25) is 0 Å². The van der Waals surface area contributed by atoms with Crippen LogP contribution >= 0.6 is 0 Å². The van der Waals surface area contributed by atoms with E-state index in [-0.39, 0.29) is 0 Å². The van der Waals surface area contributed by atoms with Gasteiger partial charge >= 0.3 is 0 Å². The smallest absolute Gasteiger partial charge is 0.0352 e. The molecule has 6 unspecified atom stereocenters. The van der Waals surface area contributed by atoms with Crippen LogP contribution in [0.2, 0.25) is 0 Å². The van der Waals surface area contributed by atoms with Gasteiger partial charge in [-0.2, -0.15) is 0 Å². The predicted octanol–water partition coefficient (Wildman–Crippen LogP) is 5.91. The Bertz CT molecular complexity index is 244. The van der Waals surface area contributed by atoms with Crippen molar-refractivity contribution in [3.05, 3.63) is 0 Å². The van der Waals surface area contributed by atoms with E-state index in [9.17, 15) is 0 Å². The minimum Gasteiger partial charge on any atom is -0.0683 e. The van der Waals surface area contributed by atoms with E-state index in [1.165, 1.54) is 12.8 Å². The third kappa shape index (κ3) is 2.78. The SMILES string of the molecule is CC.CC1CC2CCC3CCCCC3C2CC1C. The zero-order chi connectivity index (χ0) is 13.1. The predicted molar refractivity (Wildman–Crippen MR) is 80.6 cm³/mol. The number of hydrogen-bond acceptors (Lipinski definition) is 0. The highest BCUT2D eigenvalue weighted by atomic mass is 14.5. The van der Waals surface area contributed by atoms with Crippen molar-refractivity contribution in [3.63, 3.8) is 0 Å². The van der Waals surface area contributed by atoms with E-state index < -0.39 is 0 Å². The van der Waals surface area contributed by atoms with E-state index in [4.69, 9.17) is 0 Å². The van der Waals surface area contributed by atoms with Gasteiger partial charge in [0.15, 0.2) is 0 Å². The van der Waals surface area contributed by atoms with Gasteiger partial charge in [0.05, 0.1) is 0 Å². The lowest BCUT2D eigenvalue weighted by Gasteiger charge is -2.51. The van der Waals surface area contributed by atoms with Gasteiger partial charge in [-0.1, -0.05) is 47.0 Å². The molecule has 0 aliphatic heterocycles. The maximum Gasteiger partial charge on any atom is -0.0352 e. The molecule has 0 aromatic rings. The summed E-state index contributed by atoms with van der Waals surface area (Å²) in [4.78, 5) is 0. The number of hydrogen-bond donors (Lipinski definition) is 0. The molecule has 0 heterocycles. The summed E-state index contributed by atoms with van der Waals surface area (Å²) in [5.74, 6) is 6.53. The summed E-state index contributed by atoms with van der Waals surface area (Å²) in [6.45, 7) is 9.00. The van der Waals surface area contributed by atoms with E-state index in [0.717, 1.165) is 35.5 Å². The molecule has 0 radical (unpaired) electrons. The minimum absolute atomic E-state index is 1.00. The van der Waals surface area contributed by atoms with Gasteiger partial charge < -0.3 is 0 Å². The second-order valence-corrected chi connectivity index (χ2v) is 7.14. The molecule has 0 amide bonds. The average molecular weight is 250 g/mol. The molecule has 18 heavy (non-hydrogen) atoms. The Kier molecular flexibility index (Phi) is 5.15. The van der Waals surface area contributed by atoms with E-state index in [1.807, 2.05) is 13.8 Å². The summed E-state index contributed by atoms with van der Waals surface area (Å²) < 4.78 is 0. The molecule has 0 heteroatoms. The normalized spacial score (nSPS) is 47.3. The van der Waals surface area contributed by atoms with Crippen LogP contribution < -0.4 is 0 Å². The fourth-order valence-electron chi connectivity index (χ4n) is 5.18. The highest BCUT2D eigenvalue weighted by Gasteiger charge is 2.43. The molecule has 3 fully saturated rings. The molecular formula is C18H34. The molecule has 0 bridgehead atoms. The first-order valence-electron chi connectivity index (χ1n) is 8.75. The first kappa shape index (κ1) is 14.4. The van der Waals surface area contributed by atoms with Crippen LogP contribution in [0.25, 0.3) is 0 Å². The summed E-state index contributed by atoms with van der Waals surface area (Å²) >= 11 is 0. The Balaban J connectivity index is 0.000000574. The molecule has 0 spiro atoms. The molecule has 0 aromatic carbocycles. The Labute approximate surface area is 115 Å². The van der Waals surface area contributed by atoms with Crippen molar-refractivity contribution in [1.82, 2.24) is 0 Å². The highest BCUT2D eigenvalue weighted by Crippen LogP contribution is 2.53. The Morgan fingerprint density at radius 1 is 0.611 bits per heavy atom. The zero-order valence-electron chi connectivity index (χ0n) is 13.1. The molecule has 0 saturated heterocycles. The molecule has 3 aliphatic rings. The van der Waals surface area contributed by atoms with Gasteiger partial charge in [0.25, 0.3) is 0 Å². The molecule has 0 N–H and O–H groups in total. The van der Waals surface area contributed by atoms with Gasteiger partial charge in [-0.05, 0) is 67.6 Å². The van der Waals surface area contributed by atoms with Gasteiger partial charge in [-0.3, -0.25) is 0 Å². The van der Waals surface area contributed by atoms with Crippen LogP contribution in [-0.2, 0) is 0 Å². The highest BCUT2D eigenvalue weighted by molar-refractivity contribution is 4.93. The molecule has 106 valence electrons. The zero-order valence-corrected chi connectivity index (χ0v) is 13.1. The number of fused-ring (bicyclic) bond motifs is 3. The lowest BCUT2D eigenvalue weighted by atomic mass is 9.55. The third-order valence-corrected chi connectivity index (χ3v) is 6.32. The van der Waals surface area contributed by atoms with Gasteiger partial charge in [0, 0.05) is 0 Å². The standard InChI is InChI=1S/C16H28.C2H6/c1-11-9-14-8-7-13-5-3-4-6-15(13)16(14)10-12(11)2;1-2/h11-16H,3-10H2,1-2H3;1-2H3. The van der Waals surface area contributed by atoms with E-state index in [1.54, 1.807) is 38.5 Å². The van der Waals surface area contributed by atoms with E-state index >= 15 is 0 Å². The molecule has 0 aromatic heterocycles. The summed E-state index contributed by atoms with van der Waals surface area (Å²) in [6.07, 6.45) is 12.5. The lowest BCUT2D eigenvalue weighted by molar-refractivity contribution is -0.00556. The van der Waals surface area contributed by atoms with Gasteiger partial charge in [0.1, 0.15) is 0 Å². The van der Waals surface area contributed by atoms with Crippen molar-refractivity contribution < 1.29 is 0 Å². The first-order valence-corrected chi connectivity index (χ1v) is 8.75. The first-order chi connectivity index (χ1) is 8.75. The maximum absolute atomic E-state index is 2.51. The molecule has 3 aliphatic carbocycles. The Hall–Kier alpha value is 0. The summed E-state index contributed by atoms with van der Waals surface area (Å²) in [5, 5.41) is 0. The fraction of sp³-hybridized carbons (Fsp3) is 1.00.